The smallest absolute Gasteiger partial charge is 0.339 e. The molecule has 0 saturated heterocycles. The Labute approximate surface area is 224 Å². The summed E-state index contributed by atoms with van der Waals surface area (Å²) in [4.78, 5) is 5.05. The van der Waals surface area contributed by atoms with Crippen LogP contribution in [0.5, 0.6) is 5.75 Å². The molecule has 0 unspecified atom stereocenters. The number of anilines is 1. The van der Waals surface area contributed by atoms with Crippen molar-refractivity contribution in [2.75, 3.05) is 5.32 Å². The second-order valence-corrected chi connectivity index (χ2v) is 11.8. The van der Waals surface area contributed by atoms with Gasteiger partial charge in [-0.05, 0) is 64.5 Å². The molecule has 0 spiro atoms. The van der Waals surface area contributed by atoms with Crippen LogP contribution in [0.1, 0.15) is 32.1 Å². The molecule has 2 heterocycles. The van der Waals surface area contributed by atoms with Gasteiger partial charge in [-0.3, -0.25) is 4.40 Å². The molecule has 6 nitrogen and oxygen atoms in total. The van der Waals surface area contributed by atoms with Gasteiger partial charge in [0.2, 0.25) is 0 Å². The topological polar surface area (TPSA) is 72.7 Å². The number of imidazole rings is 1. The van der Waals surface area contributed by atoms with Gasteiger partial charge < -0.3 is 9.50 Å². The number of nitrogens with one attached hydrogen (secondary N) is 1. The Balaban J connectivity index is 1.38. The van der Waals surface area contributed by atoms with Crippen LogP contribution in [0.2, 0.25) is 0 Å². The normalized spacial score (nSPS) is 14.7. The van der Waals surface area contributed by atoms with E-state index >= 15 is 0 Å². The lowest BCUT2D eigenvalue weighted by atomic mass is 9.95. The summed E-state index contributed by atoms with van der Waals surface area (Å²) < 4.78 is 35.3. The SMILES string of the molecule is O=S(=O)(Oc1cccc(-c2nc3ccc(Br)cn3c2NC2CCCCC2)c1)c1cccc2ccccc12. The van der Waals surface area contributed by atoms with E-state index in [1.807, 2.05) is 48.7 Å². The number of aromatic nitrogens is 2. The second kappa shape index (κ2) is 9.84. The fourth-order valence-electron chi connectivity index (χ4n) is 5.08. The van der Waals surface area contributed by atoms with Crippen molar-refractivity contribution in [1.29, 1.82) is 0 Å². The number of fused-ring (bicyclic) bond motifs is 2. The van der Waals surface area contributed by atoms with Gasteiger partial charge in [-0.25, -0.2) is 4.98 Å². The van der Waals surface area contributed by atoms with Crippen LogP contribution >= 0.6 is 15.9 Å². The van der Waals surface area contributed by atoms with E-state index in [1.165, 1.54) is 19.3 Å². The molecule has 0 amide bonds. The van der Waals surface area contributed by atoms with Crippen LogP contribution < -0.4 is 9.50 Å². The van der Waals surface area contributed by atoms with Crippen molar-refractivity contribution in [2.45, 2.75) is 43.0 Å². The van der Waals surface area contributed by atoms with Gasteiger partial charge in [0.05, 0.1) is 0 Å². The molecule has 1 aliphatic carbocycles. The van der Waals surface area contributed by atoms with Crippen molar-refractivity contribution in [3.8, 4) is 17.0 Å². The fraction of sp³-hybridized carbons (Fsp3) is 0.207. The van der Waals surface area contributed by atoms with Gasteiger partial charge >= 0.3 is 10.1 Å². The van der Waals surface area contributed by atoms with Crippen LogP contribution in [0.4, 0.5) is 5.82 Å². The summed E-state index contributed by atoms with van der Waals surface area (Å²) in [5.74, 6) is 1.14. The van der Waals surface area contributed by atoms with E-state index in [1.54, 1.807) is 36.4 Å². The Morgan fingerprint density at radius 1 is 0.919 bits per heavy atom. The van der Waals surface area contributed by atoms with Gasteiger partial charge in [0.15, 0.2) is 0 Å². The van der Waals surface area contributed by atoms with Crippen molar-refractivity contribution < 1.29 is 12.6 Å². The van der Waals surface area contributed by atoms with E-state index in [-0.39, 0.29) is 10.6 Å². The molecule has 0 radical (unpaired) electrons. The Bertz CT molecular complexity index is 1700. The predicted octanol–water partition coefficient (Wildman–Crippen LogP) is 7.43. The minimum atomic E-state index is -4.05. The zero-order chi connectivity index (χ0) is 25.4. The lowest BCUT2D eigenvalue weighted by Crippen LogP contribution is -2.23. The number of rotatable bonds is 6. The lowest BCUT2D eigenvalue weighted by Gasteiger charge is -2.24. The van der Waals surface area contributed by atoms with Crippen LogP contribution in [0, 0.1) is 0 Å². The van der Waals surface area contributed by atoms with Crippen LogP contribution in [0.15, 0.2) is 94.4 Å². The minimum Gasteiger partial charge on any atom is -0.379 e. The van der Waals surface area contributed by atoms with Crippen molar-refractivity contribution in [1.82, 2.24) is 9.38 Å². The monoisotopic (exact) mass is 575 g/mol. The summed E-state index contributed by atoms with van der Waals surface area (Å²) in [6.07, 6.45) is 7.93. The maximum Gasteiger partial charge on any atom is 0.339 e. The summed E-state index contributed by atoms with van der Waals surface area (Å²) >= 11 is 3.58. The Morgan fingerprint density at radius 2 is 1.70 bits per heavy atom. The quantitative estimate of drug-likeness (QED) is 0.213. The molecule has 0 aliphatic heterocycles. The van der Waals surface area contributed by atoms with E-state index in [4.69, 9.17) is 9.17 Å². The molecule has 1 fully saturated rings. The Morgan fingerprint density at radius 3 is 2.57 bits per heavy atom. The summed E-state index contributed by atoms with van der Waals surface area (Å²) in [7, 11) is -4.05. The summed E-state index contributed by atoms with van der Waals surface area (Å²) in [6, 6.07) is 24.0. The average molecular weight is 577 g/mol. The molecule has 6 rings (SSSR count). The van der Waals surface area contributed by atoms with Gasteiger partial charge in [0.25, 0.3) is 0 Å². The van der Waals surface area contributed by atoms with E-state index in [0.717, 1.165) is 45.4 Å². The Kier molecular flexibility index (Phi) is 6.38. The highest BCUT2D eigenvalue weighted by Crippen LogP contribution is 2.35. The second-order valence-electron chi connectivity index (χ2n) is 9.41. The summed E-state index contributed by atoms with van der Waals surface area (Å²) in [6.45, 7) is 0. The number of nitrogens with zero attached hydrogens (tertiary/aromatic N) is 2. The molecule has 8 heteroatoms. The molecule has 1 saturated carbocycles. The van der Waals surface area contributed by atoms with Crippen LogP contribution in [-0.4, -0.2) is 23.8 Å². The summed E-state index contributed by atoms with van der Waals surface area (Å²) in [5.41, 5.74) is 2.35. The highest BCUT2D eigenvalue weighted by Gasteiger charge is 2.22. The third-order valence-electron chi connectivity index (χ3n) is 6.86. The van der Waals surface area contributed by atoms with Gasteiger partial charge in [-0.1, -0.05) is 67.8 Å². The Hall–Kier alpha value is -3.36. The first-order valence-electron chi connectivity index (χ1n) is 12.4. The molecule has 1 aliphatic rings. The van der Waals surface area contributed by atoms with Gasteiger partial charge in [0.1, 0.15) is 27.8 Å². The molecule has 0 atom stereocenters. The van der Waals surface area contributed by atoms with E-state index < -0.39 is 10.1 Å². The molecule has 2 aromatic heterocycles. The van der Waals surface area contributed by atoms with Crippen LogP contribution in [0.3, 0.4) is 0 Å². The third kappa shape index (κ3) is 4.83. The maximum absolute atomic E-state index is 13.3. The standard InChI is InChI=1S/C29H26BrN3O3S/c30-22-16-17-27-32-28(29(33(27)19-22)31-23-11-2-1-3-12-23)21-10-6-13-24(18-21)36-37(34,35)26-15-7-9-20-8-4-5-14-25(20)26/h4-10,13-19,23,31H,1-3,11-12H2. The van der Waals surface area contributed by atoms with Crippen molar-refractivity contribution in [2.24, 2.45) is 0 Å². The first-order valence-corrected chi connectivity index (χ1v) is 14.6. The number of pyridine rings is 1. The molecular weight excluding hydrogens is 550 g/mol. The first-order chi connectivity index (χ1) is 18.0. The number of hydrogen-bond donors (Lipinski definition) is 1. The first kappa shape index (κ1) is 24.0. The fourth-order valence-corrected chi connectivity index (χ4v) is 6.56. The van der Waals surface area contributed by atoms with Crippen molar-refractivity contribution in [3.05, 3.63) is 89.5 Å². The number of benzene rings is 3. The lowest BCUT2D eigenvalue weighted by molar-refractivity contribution is 0.462. The summed E-state index contributed by atoms with van der Waals surface area (Å²) in [5, 5.41) is 5.21. The largest absolute Gasteiger partial charge is 0.379 e. The molecular formula is C29H26BrN3O3S. The highest BCUT2D eigenvalue weighted by molar-refractivity contribution is 9.10. The van der Waals surface area contributed by atoms with E-state index in [0.29, 0.717) is 11.4 Å². The maximum atomic E-state index is 13.3. The van der Waals surface area contributed by atoms with Crippen LogP contribution in [0.25, 0.3) is 27.7 Å². The highest BCUT2D eigenvalue weighted by atomic mass is 79.9. The molecule has 37 heavy (non-hydrogen) atoms. The average Bonchev–Trinajstić information content (AvgIpc) is 3.26. The van der Waals surface area contributed by atoms with Crippen molar-refractivity contribution >= 4 is 48.3 Å². The minimum absolute atomic E-state index is 0.147. The van der Waals surface area contributed by atoms with E-state index in [2.05, 4.69) is 25.6 Å². The molecule has 0 bridgehead atoms. The van der Waals surface area contributed by atoms with Gasteiger partial charge in [0, 0.05) is 27.7 Å². The molecule has 188 valence electrons. The van der Waals surface area contributed by atoms with Gasteiger partial charge in [-0.2, -0.15) is 8.42 Å². The zero-order valence-electron chi connectivity index (χ0n) is 20.1. The number of halogens is 1. The van der Waals surface area contributed by atoms with E-state index in [9.17, 15) is 8.42 Å². The molecule has 1 N–H and O–H groups in total. The van der Waals surface area contributed by atoms with Crippen LogP contribution in [-0.2, 0) is 10.1 Å². The molecule has 3 aromatic carbocycles. The predicted molar refractivity (Wildman–Crippen MR) is 151 cm³/mol. The zero-order valence-corrected chi connectivity index (χ0v) is 22.5. The van der Waals surface area contributed by atoms with Crippen molar-refractivity contribution in [3.63, 3.8) is 0 Å². The third-order valence-corrected chi connectivity index (χ3v) is 8.64. The van der Waals surface area contributed by atoms with Gasteiger partial charge in [-0.15, -0.1) is 0 Å². The number of hydrogen-bond acceptors (Lipinski definition) is 5. The molecule has 5 aromatic rings.